The molecule has 1 aliphatic heterocycles. The van der Waals surface area contributed by atoms with Gasteiger partial charge in [-0.25, -0.2) is 4.98 Å². The van der Waals surface area contributed by atoms with Crippen molar-refractivity contribution in [2.45, 2.75) is 25.2 Å². The fourth-order valence-corrected chi connectivity index (χ4v) is 5.09. The second-order valence-electron chi connectivity index (χ2n) is 7.94. The van der Waals surface area contributed by atoms with Crippen LogP contribution in [0.4, 0.5) is 0 Å². The second-order valence-corrected chi connectivity index (χ2v) is 8.79. The van der Waals surface area contributed by atoms with Crippen molar-refractivity contribution in [2.75, 3.05) is 26.2 Å². The lowest BCUT2D eigenvalue weighted by atomic mass is 9.78. The summed E-state index contributed by atoms with van der Waals surface area (Å²) in [6, 6.07) is 19.7. The Balaban J connectivity index is 1.55. The maximum absolute atomic E-state index is 12.7. The Bertz CT molecular complexity index is 1060. The Morgan fingerprint density at radius 1 is 1.10 bits per heavy atom. The molecule has 0 unspecified atom stereocenters. The number of benzene rings is 2. The van der Waals surface area contributed by atoms with Crippen molar-refractivity contribution in [1.82, 2.24) is 15.2 Å². The van der Waals surface area contributed by atoms with E-state index >= 15 is 0 Å². The number of nitrogens with zero attached hydrogens (tertiary/aromatic N) is 2. The minimum Gasteiger partial charge on any atom is -0.351 e. The monoisotopic (exact) mass is 429 g/mol. The van der Waals surface area contributed by atoms with E-state index in [-0.39, 0.29) is 11.3 Å². The molecule has 0 spiro atoms. The maximum atomic E-state index is 12.7. The zero-order valence-corrected chi connectivity index (χ0v) is 18.6. The lowest BCUT2D eigenvalue weighted by Crippen LogP contribution is -2.49. The van der Waals surface area contributed by atoms with Crippen molar-refractivity contribution in [2.24, 2.45) is 0 Å². The van der Waals surface area contributed by atoms with Crippen LogP contribution in [0.2, 0.25) is 0 Å². The number of aromatic nitrogens is 1. The Morgan fingerprint density at radius 2 is 1.77 bits per heavy atom. The molecule has 1 aliphatic rings. The van der Waals surface area contributed by atoms with Gasteiger partial charge in [0.1, 0.15) is 5.01 Å². The van der Waals surface area contributed by atoms with Gasteiger partial charge in [0.15, 0.2) is 0 Å². The van der Waals surface area contributed by atoms with Crippen LogP contribution in [-0.4, -0.2) is 42.0 Å². The number of carbonyl (C=O) groups excluding carboxylic acids is 1. The van der Waals surface area contributed by atoms with Gasteiger partial charge in [0.2, 0.25) is 0 Å². The molecular formula is C26H27N3OS. The number of rotatable bonds is 6. The minimum absolute atomic E-state index is 0.0286. The molecule has 2 heterocycles. The number of thiazole rings is 1. The lowest BCUT2D eigenvalue weighted by Gasteiger charge is -2.40. The first-order valence-electron chi connectivity index (χ1n) is 10.7. The topological polar surface area (TPSA) is 45.2 Å². The molecule has 1 N–H and O–H groups in total. The van der Waals surface area contributed by atoms with Crippen molar-refractivity contribution >= 4 is 17.2 Å². The van der Waals surface area contributed by atoms with Gasteiger partial charge in [0.25, 0.3) is 5.91 Å². The molecule has 1 fully saturated rings. The Kier molecular flexibility index (Phi) is 6.81. The first-order chi connectivity index (χ1) is 15.2. The highest BCUT2D eigenvalue weighted by molar-refractivity contribution is 7.10. The lowest BCUT2D eigenvalue weighted by molar-refractivity contribution is 0.0925. The van der Waals surface area contributed by atoms with Crippen LogP contribution < -0.4 is 5.32 Å². The van der Waals surface area contributed by atoms with E-state index in [4.69, 9.17) is 4.98 Å². The summed E-state index contributed by atoms with van der Waals surface area (Å²) in [5.41, 5.74) is 2.67. The molecule has 1 amide bonds. The molecule has 4 nitrogen and oxygen atoms in total. The molecule has 1 aromatic heterocycles. The van der Waals surface area contributed by atoms with E-state index in [0.29, 0.717) is 12.1 Å². The van der Waals surface area contributed by atoms with Gasteiger partial charge in [-0.15, -0.1) is 17.3 Å². The molecule has 5 heteroatoms. The number of hydrogen-bond donors (Lipinski definition) is 1. The average Bonchev–Trinajstić information content (AvgIpc) is 3.34. The van der Waals surface area contributed by atoms with Gasteiger partial charge in [-0.1, -0.05) is 54.5 Å². The van der Waals surface area contributed by atoms with Crippen LogP contribution in [-0.2, 0) is 5.41 Å². The van der Waals surface area contributed by atoms with E-state index in [0.717, 1.165) is 48.7 Å². The highest BCUT2D eigenvalue weighted by atomic mass is 32.1. The quantitative estimate of drug-likeness (QED) is 0.583. The molecule has 2 aromatic carbocycles. The number of carbonyl (C=O) groups is 1. The Morgan fingerprint density at radius 3 is 2.45 bits per heavy atom. The zero-order chi connectivity index (χ0) is 21.5. The third-order valence-electron chi connectivity index (χ3n) is 5.94. The Labute approximate surface area is 188 Å². The van der Waals surface area contributed by atoms with Crippen LogP contribution in [0.25, 0.3) is 11.3 Å². The highest BCUT2D eigenvalue weighted by Gasteiger charge is 2.39. The smallest absolute Gasteiger partial charge is 0.251 e. The predicted molar refractivity (Wildman–Crippen MR) is 127 cm³/mol. The minimum atomic E-state index is -0.154. The summed E-state index contributed by atoms with van der Waals surface area (Å²) in [7, 11) is 0. The van der Waals surface area contributed by atoms with Crippen molar-refractivity contribution in [3.8, 4) is 23.1 Å². The fraction of sp³-hybridized carbons (Fsp3) is 0.308. The van der Waals surface area contributed by atoms with Gasteiger partial charge < -0.3 is 5.32 Å². The summed E-state index contributed by atoms with van der Waals surface area (Å²) in [5.74, 6) is 6.14. The van der Waals surface area contributed by atoms with E-state index in [1.54, 1.807) is 11.3 Å². The van der Waals surface area contributed by atoms with Crippen LogP contribution in [0.5, 0.6) is 0 Å². The molecule has 3 aromatic rings. The molecule has 0 atom stereocenters. The number of amides is 1. The molecule has 158 valence electrons. The second kappa shape index (κ2) is 9.91. The third-order valence-corrected chi connectivity index (χ3v) is 7.03. The van der Waals surface area contributed by atoms with Gasteiger partial charge in [0.05, 0.1) is 12.2 Å². The summed E-state index contributed by atoms with van der Waals surface area (Å²) in [4.78, 5) is 20.2. The molecule has 0 bridgehead atoms. The summed E-state index contributed by atoms with van der Waals surface area (Å²) < 4.78 is 0. The number of nitrogens with one attached hydrogen (secondary N) is 1. The normalized spacial score (nSPS) is 15.6. The largest absolute Gasteiger partial charge is 0.351 e. The molecule has 31 heavy (non-hydrogen) atoms. The average molecular weight is 430 g/mol. The third kappa shape index (κ3) is 5.04. The maximum Gasteiger partial charge on any atom is 0.251 e. The SMILES string of the molecule is CC#CCN1CCC(CNC(=O)c2ccccc2)(c2nc(-c3ccccc3)cs2)CC1. The number of likely N-dealkylation sites (tertiary alicyclic amines) is 1. The van der Waals surface area contributed by atoms with E-state index in [9.17, 15) is 4.79 Å². The summed E-state index contributed by atoms with van der Waals surface area (Å²) in [6.45, 7) is 5.19. The van der Waals surface area contributed by atoms with E-state index in [1.165, 1.54) is 0 Å². The van der Waals surface area contributed by atoms with Crippen molar-refractivity contribution in [3.63, 3.8) is 0 Å². The fourth-order valence-electron chi connectivity index (χ4n) is 4.00. The summed E-state index contributed by atoms with van der Waals surface area (Å²) >= 11 is 1.71. The van der Waals surface area contributed by atoms with Gasteiger partial charge in [-0.05, 0) is 31.9 Å². The standard InChI is InChI=1S/C26H27N3OS/c1-2-3-16-29-17-14-26(15-18-29,20-27-24(30)22-12-8-5-9-13-22)25-28-23(19-31-25)21-10-6-4-7-11-21/h4-13,19H,14-18,20H2,1H3,(H,27,30). The van der Waals surface area contributed by atoms with Crippen LogP contribution in [0.3, 0.4) is 0 Å². The van der Waals surface area contributed by atoms with Crippen LogP contribution in [0, 0.1) is 11.8 Å². The van der Waals surface area contributed by atoms with Crippen molar-refractivity contribution in [1.29, 1.82) is 0 Å². The van der Waals surface area contributed by atoms with Crippen LogP contribution in [0.1, 0.15) is 35.1 Å². The number of piperidine rings is 1. The van der Waals surface area contributed by atoms with Gasteiger partial charge in [0, 0.05) is 41.6 Å². The first kappa shape index (κ1) is 21.3. The summed E-state index contributed by atoms with van der Waals surface area (Å²) in [5, 5.41) is 6.45. The van der Waals surface area contributed by atoms with Crippen molar-refractivity contribution in [3.05, 3.63) is 76.6 Å². The molecule has 0 saturated carbocycles. The predicted octanol–water partition coefficient (Wildman–Crippen LogP) is 4.60. The summed E-state index contributed by atoms with van der Waals surface area (Å²) in [6.07, 6.45) is 1.91. The van der Waals surface area contributed by atoms with Crippen LogP contribution in [0.15, 0.2) is 66.0 Å². The molecule has 0 aliphatic carbocycles. The van der Waals surface area contributed by atoms with Gasteiger partial charge >= 0.3 is 0 Å². The van der Waals surface area contributed by atoms with Crippen LogP contribution >= 0.6 is 11.3 Å². The van der Waals surface area contributed by atoms with E-state index in [1.807, 2.05) is 55.5 Å². The number of hydrogen-bond acceptors (Lipinski definition) is 4. The van der Waals surface area contributed by atoms with E-state index in [2.05, 4.69) is 39.6 Å². The molecular weight excluding hydrogens is 402 g/mol. The zero-order valence-electron chi connectivity index (χ0n) is 17.8. The van der Waals surface area contributed by atoms with Crippen molar-refractivity contribution < 1.29 is 4.79 Å². The first-order valence-corrected chi connectivity index (χ1v) is 11.5. The van der Waals surface area contributed by atoms with Gasteiger partial charge in [-0.3, -0.25) is 9.69 Å². The highest BCUT2D eigenvalue weighted by Crippen LogP contribution is 2.38. The van der Waals surface area contributed by atoms with Gasteiger partial charge in [-0.2, -0.15) is 0 Å². The molecule has 1 saturated heterocycles. The molecule has 4 rings (SSSR count). The van der Waals surface area contributed by atoms with E-state index < -0.39 is 0 Å². The Hall–Kier alpha value is -2.94. The molecule has 0 radical (unpaired) electrons.